The monoisotopic (exact) mass is 395 g/mol. The zero-order valence-electron chi connectivity index (χ0n) is 17.3. The SMILES string of the molecule is CN=C(NCc1ccc(C(=O)NC)cc1)N1CCN(c2ccccc2OC)CC1. The molecule has 7 heteroatoms. The van der Waals surface area contributed by atoms with E-state index in [1.165, 1.54) is 0 Å². The van der Waals surface area contributed by atoms with Gasteiger partial charge in [-0.2, -0.15) is 0 Å². The predicted molar refractivity (Wildman–Crippen MR) is 117 cm³/mol. The van der Waals surface area contributed by atoms with Gasteiger partial charge in [0.2, 0.25) is 0 Å². The van der Waals surface area contributed by atoms with Crippen molar-refractivity contribution in [2.24, 2.45) is 4.99 Å². The van der Waals surface area contributed by atoms with Gasteiger partial charge in [0.25, 0.3) is 5.91 Å². The summed E-state index contributed by atoms with van der Waals surface area (Å²) in [5, 5.41) is 6.06. The maximum absolute atomic E-state index is 11.6. The zero-order valence-corrected chi connectivity index (χ0v) is 17.3. The van der Waals surface area contributed by atoms with Gasteiger partial charge in [-0.05, 0) is 29.8 Å². The minimum absolute atomic E-state index is 0.0757. The molecule has 1 aliphatic rings. The summed E-state index contributed by atoms with van der Waals surface area (Å²) in [6, 6.07) is 15.7. The first kappa shape index (κ1) is 20.5. The van der Waals surface area contributed by atoms with Gasteiger partial charge in [-0.1, -0.05) is 24.3 Å². The number of rotatable bonds is 5. The molecule has 154 valence electrons. The highest BCUT2D eigenvalue weighted by Gasteiger charge is 2.21. The van der Waals surface area contributed by atoms with Gasteiger partial charge in [-0.15, -0.1) is 0 Å². The van der Waals surface area contributed by atoms with Gasteiger partial charge >= 0.3 is 0 Å². The van der Waals surface area contributed by atoms with Crippen molar-refractivity contribution >= 4 is 17.6 Å². The number of benzene rings is 2. The van der Waals surface area contributed by atoms with Crippen LogP contribution in [0.4, 0.5) is 5.69 Å². The molecule has 0 radical (unpaired) electrons. The summed E-state index contributed by atoms with van der Waals surface area (Å²) in [7, 11) is 5.15. The molecule has 1 aliphatic heterocycles. The number of carbonyl (C=O) groups excluding carboxylic acids is 1. The van der Waals surface area contributed by atoms with E-state index in [4.69, 9.17) is 4.74 Å². The molecule has 3 rings (SSSR count). The standard InChI is InChI=1S/C22H29N5O2/c1-23-21(28)18-10-8-17(9-11-18)16-25-22(24-2)27-14-12-26(13-15-27)19-6-4-5-7-20(19)29-3/h4-11H,12-16H2,1-3H3,(H,23,28)(H,24,25). The van der Waals surface area contributed by atoms with Crippen LogP contribution in [-0.4, -0.2) is 64.2 Å². The van der Waals surface area contributed by atoms with Crippen LogP contribution in [-0.2, 0) is 6.54 Å². The summed E-state index contributed by atoms with van der Waals surface area (Å²) in [4.78, 5) is 20.7. The van der Waals surface area contributed by atoms with Gasteiger partial charge < -0.3 is 25.2 Å². The summed E-state index contributed by atoms with van der Waals surface area (Å²) in [6.45, 7) is 4.23. The molecule has 2 aromatic rings. The van der Waals surface area contributed by atoms with Crippen LogP contribution in [0.25, 0.3) is 0 Å². The molecular weight excluding hydrogens is 366 g/mol. The quantitative estimate of drug-likeness (QED) is 0.598. The molecular formula is C22H29N5O2. The number of methoxy groups -OCH3 is 1. The van der Waals surface area contributed by atoms with Gasteiger partial charge in [0.1, 0.15) is 5.75 Å². The van der Waals surface area contributed by atoms with Gasteiger partial charge in [0, 0.05) is 52.4 Å². The van der Waals surface area contributed by atoms with Gasteiger partial charge in [-0.25, -0.2) is 0 Å². The third kappa shape index (κ3) is 4.99. The Morgan fingerprint density at radius 2 is 1.76 bits per heavy atom. The van der Waals surface area contributed by atoms with E-state index in [0.29, 0.717) is 12.1 Å². The molecule has 1 amide bonds. The molecule has 0 unspecified atom stereocenters. The topological polar surface area (TPSA) is 69.2 Å². The lowest BCUT2D eigenvalue weighted by Gasteiger charge is -2.38. The fourth-order valence-electron chi connectivity index (χ4n) is 3.48. The van der Waals surface area contributed by atoms with Crippen LogP contribution in [0, 0.1) is 0 Å². The Balaban J connectivity index is 1.55. The first-order valence-electron chi connectivity index (χ1n) is 9.81. The molecule has 0 saturated carbocycles. The smallest absolute Gasteiger partial charge is 0.251 e. The molecule has 1 saturated heterocycles. The van der Waals surface area contributed by atoms with Crippen molar-refractivity contribution in [3.8, 4) is 5.75 Å². The third-order valence-electron chi connectivity index (χ3n) is 5.11. The molecule has 7 nitrogen and oxygen atoms in total. The Morgan fingerprint density at radius 3 is 2.38 bits per heavy atom. The fraction of sp³-hybridized carbons (Fsp3) is 0.364. The molecule has 0 spiro atoms. The second kappa shape index (κ2) is 9.82. The van der Waals surface area contributed by atoms with Crippen molar-refractivity contribution in [3.63, 3.8) is 0 Å². The van der Waals surface area contributed by atoms with Crippen molar-refractivity contribution in [2.75, 3.05) is 52.3 Å². The normalized spacial score (nSPS) is 14.5. The molecule has 0 aromatic heterocycles. The van der Waals surface area contributed by atoms with Crippen molar-refractivity contribution in [1.29, 1.82) is 0 Å². The van der Waals surface area contributed by atoms with E-state index in [1.54, 1.807) is 14.2 Å². The number of hydrogen-bond donors (Lipinski definition) is 2. The summed E-state index contributed by atoms with van der Waals surface area (Å²) in [5.74, 6) is 1.72. The van der Waals surface area contributed by atoms with Gasteiger partial charge in [0.05, 0.1) is 12.8 Å². The predicted octanol–water partition coefficient (Wildman–Crippen LogP) is 1.95. The van der Waals surface area contributed by atoms with Crippen LogP contribution in [0.1, 0.15) is 15.9 Å². The number of ether oxygens (including phenoxy) is 1. The lowest BCUT2D eigenvalue weighted by Crippen LogP contribution is -2.52. The third-order valence-corrected chi connectivity index (χ3v) is 5.11. The summed E-state index contributed by atoms with van der Waals surface area (Å²) in [5.41, 5.74) is 2.90. The Hall–Kier alpha value is -3.22. The van der Waals surface area contributed by atoms with Crippen LogP contribution in [0.15, 0.2) is 53.5 Å². The van der Waals surface area contributed by atoms with E-state index in [0.717, 1.165) is 49.1 Å². The molecule has 2 aromatic carbocycles. The second-order valence-corrected chi connectivity index (χ2v) is 6.82. The van der Waals surface area contributed by atoms with Crippen LogP contribution in [0.5, 0.6) is 5.75 Å². The number of hydrogen-bond acceptors (Lipinski definition) is 4. The van der Waals surface area contributed by atoms with Crippen LogP contribution < -0.4 is 20.3 Å². The lowest BCUT2D eigenvalue weighted by molar-refractivity contribution is 0.0963. The second-order valence-electron chi connectivity index (χ2n) is 6.82. The summed E-state index contributed by atoms with van der Waals surface area (Å²) < 4.78 is 5.50. The van der Waals surface area contributed by atoms with E-state index in [9.17, 15) is 4.79 Å². The number of guanidine groups is 1. The first-order chi connectivity index (χ1) is 14.2. The molecule has 1 fully saturated rings. The number of nitrogens with zero attached hydrogens (tertiary/aromatic N) is 3. The highest BCUT2D eigenvalue weighted by Crippen LogP contribution is 2.28. The summed E-state index contributed by atoms with van der Waals surface area (Å²) >= 11 is 0. The zero-order chi connectivity index (χ0) is 20.6. The Bertz CT molecular complexity index is 843. The first-order valence-corrected chi connectivity index (χ1v) is 9.81. The number of amides is 1. The molecule has 2 N–H and O–H groups in total. The fourth-order valence-corrected chi connectivity index (χ4v) is 3.48. The minimum Gasteiger partial charge on any atom is -0.495 e. The maximum Gasteiger partial charge on any atom is 0.251 e. The lowest BCUT2D eigenvalue weighted by atomic mass is 10.1. The van der Waals surface area contributed by atoms with E-state index in [2.05, 4.69) is 31.5 Å². The van der Waals surface area contributed by atoms with Crippen molar-refractivity contribution in [2.45, 2.75) is 6.54 Å². The molecule has 0 bridgehead atoms. The average molecular weight is 396 g/mol. The Morgan fingerprint density at radius 1 is 1.07 bits per heavy atom. The van der Waals surface area contributed by atoms with Crippen molar-refractivity contribution in [3.05, 3.63) is 59.7 Å². The molecule has 29 heavy (non-hydrogen) atoms. The molecule has 1 heterocycles. The van der Waals surface area contributed by atoms with E-state index < -0.39 is 0 Å². The number of carbonyl (C=O) groups is 1. The van der Waals surface area contributed by atoms with Crippen LogP contribution >= 0.6 is 0 Å². The van der Waals surface area contributed by atoms with Crippen LogP contribution in [0.3, 0.4) is 0 Å². The Labute approximate surface area is 172 Å². The van der Waals surface area contributed by atoms with E-state index in [-0.39, 0.29) is 5.91 Å². The molecule has 0 aliphatic carbocycles. The van der Waals surface area contributed by atoms with Crippen molar-refractivity contribution in [1.82, 2.24) is 15.5 Å². The van der Waals surface area contributed by atoms with Crippen molar-refractivity contribution < 1.29 is 9.53 Å². The Kier molecular flexibility index (Phi) is 6.94. The molecule has 0 atom stereocenters. The van der Waals surface area contributed by atoms with Gasteiger partial charge in [0.15, 0.2) is 5.96 Å². The minimum atomic E-state index is -0.0757. The van der Waals surface area contributed by atoms with E-state index in [1.807, 2.05) is 49.5 Å². The number of aliphatic imine (C=N–C) groups is 1. The largest absolute Gasteiger partial charge is 0.495 e. The van der Waals surface area contributed by atoms with Crippen LogP contribution in [0.2, 0.25) is 0 Å². The number of nitrogens with one attached hydrogen (secondary N) is 2. The summed E-state index contributed by atoms with van der Waals surface area (Å²) in [6.07, 6.45) is 0. The maximum atomic E-state index is 11.6. The number of piperazine rings is 1. The highest BCUT2D eigenvalue weighted by atomic mass is 16.5. The number of anilines is 1. The highest BCUT2D eigenvalue weighted by molar-refractivity contribution is 5.93. The van der Waals surface area contributed by atoms with Gasteiger partial charge in [-0.3, -0.25) is 9.79 Å². The number of para-hydroxylation sites is 2. The van der Waals surface area contributed by atoms with E-state index >= 15 is 0 Å². The average Bonchev–Trinajstić information content (AvgIpc) is 2.79.